The van der Waals surface area contributed by atoms with Crippen molar-refractivity contribution >= 4 is 17.4 Å². The number of nitrogen functional groups attached to an aromatic ring is 1. The highest BCUT2D eigenvalue weighted by Crippen LogP contribution is 2.25. The number of nitrogens with two attached hydrogens (primary N) is 1. The van der Waals surface area contributed by atoms with Crippen molar-refractivity contribution in [3.63, 3.8) is 0 Å². The van der Waals surface area contributed by atoms with Crippen LogP contribution in [0.25, 0.3) is 23.0 Å². The lowest BCUT2D eigenvalue weighted by Gasteiger charge is -1.95. The van der Waals surface area contributed by atoms with E-state index in [2.05, 4.69) is 20.1 Å². The summed E-state index contributed by atoms with van der Waals surface area (Å²) in [6, 6.07) is 6.83. The fourth-order valence-corrected chi connectivity index (χ4v) is 1.77. The van der Waals surface area contributed by atoms with E-state index < -0.39 is 0 Å². The Morgan fingerprint density at radius 2 is 2.05 bits per heavy atom. The topological polar surface area (TPSA) is 90.7 Å². The van der Waals surface area contributed by atoms with Crippen LogP contribution in [0.3, 0.4) is 0 Å². The minimum Gasteiger partial charge on any atom is -0.384 e. The van der Waals surface area contributed by atoms with E-state index in [0.717, 1.165) is 0 Å². The highest BCUT2D eigenvalue weighted by atomic mass is 35.5. The predicted molar refractivity (Wildman–Crippen MR) is 70.2 cm³/mol. The van der Waals surface area contributed by atoms with Gasteiger partial charge < -0.3 is 10.3 Å². The van der Waals surface area contributed by atoms with Crippen molar-refractivity contribution < 1.29 is 4.52 Å². The van der Waals surface area contributed by atoms with Crippen LogP contribution in [-0.2, 0) is 0 Å². The Labute approximate surface area is 113 Å². The molecule has 0 aliphatic heterocycles. The average Bonchev–Trinajstić information content (AvgIpc) is 2.89. The summed E-state index contributed by atoms with van der Waals surface area (Å²) in [6.45, 7) is 0. The molecule has 94 valence electrons. The molecule has 0 unspecified atom stereocenters. The first kappa shape index (κ1) is 11.6. The standard InChI is InChI=1S/C12H8ClN5O/c13-8-2-1-4-16-10(8)11-17-12(19-18-11)7-3-5-15-9(14)6-7/h1-6H,(H2,14,15). The second-order valence-corrected chi connectivity index (χ2v) is 4.13. The van der Waals surface area contributed by atoms with Gasteiger partial charge in [-0.15, -0.1) is 0 Å². The molecule has 7 heteroatoms. The molecule has 0 fully saturated rings. The van der Waals surface area contributed by atoms with Crippen LogP contribution in [0.2, 0.25) is 5.02 Å². The van der Waals surface area contributed by atoms with Crippen LogP contribution in [0.1, 0.15) is 0 Å². The zero-order chi connectivity index (χ0) is 13.2. The van der Waals surface area contributed by atoms with E-state index in [9.17, 15) is 0 Å². The number of aromatic nitrogens is 4. The molecule has 2 N–H and O–H groups in total. The van der Waals surface area contributed by atoms with Crippen LogP contribution in [0.5, 0.6) is 0 Å². The molecule has 0 saturated heterocycles. The molecular formula is C12H8ClN5O. The van der Waals surface area contributed by atoms with Crippen LogP contribution in [0.15, 0.2) is 41.2 Å². The summed E-state index contributed by atoms with van der Waals surface area (Å²) in [6.07, 6.45) is 3.18. The quantitative estimate of drug-likeness (QED) is 0.771. The Hall–Kier alpha value is -2.47. The molecular weight excluding hydrogens is 266 g/mol. The Morgan fingerprint density at radius 3 is 2.84 bits per heavy atom. The molecule has 0 aliphatic carbocycles. The van der Waals surface area contributed by atoms with E-state index in [-0.39, 0.29) is 0 Å². The molecule has 0 amide bonds. The first-order valence-electron chi connectivity index (χ1n) is 5.40. The smallest absolute Gasteiger partial charge is 0.258 e. The second kappa shape index (κ2) is 4.66. The fraction of sp³-hybridized carbons (Fsp3) is 0. The van der Waals surface area contributed by atoms with Crippen LogP contribution in [0.4, 0.5) is 5.82 Å². The number of halogens is 1. The molecule has 0 atom stereocenters. The molecule has 0 aliphatic rings. The van der Waals surface area contributed by atoms with Crippen molar-refractivity contribution in [3.8, 4) is 23.0 Å². The van der Waals surface area contributed by atoms with Crippen molar-refractivity contribution in [1.29, 1.82) is 0 Å². The van der Waals surface area contributed by atoms with Crippen LogP contribution >= 0.6 is 11.6 Å². The molecule has 3 aromatic rings. The maximum absolute atomic E-state index is 6.03. The van der Waals surface area contributed by atoms with E-state index in [4.69, 9.17) is 21.9 Å². The molecule has 3 rings (SSSR count). The van der Waals surface area contributed by atoms with Crippen molar-refractivity contribution in [2.75, 3.05) is 5.73 Å². The number of nitrogens with zero attached hydrogens (tertiary/aromatic N) is 4. The molecule has 0 saturated carbocycles. The Bertz CT molecular complexity index is 727. The summed E-state index contributed by atoms with van der Waals surface area (Å²) in [5, 5.41) is 4.32. The summed E-state index contributed by atoms with van der Waals surface area (Å²) in [4.78, 5) is 12.3. The zero-order valence-corrected chi connectivity index (χ0v) is 10.4. The molecule has 0 spiro atoms. The van der Waals surface area contributed by atoms with Gasteiger partial charge in [-0.25, -0.2) is 4.98 Å². The van der Waals surface area contributed by atoms with Crippen LogP contribution in [-0.4, -0.2) is 20.1 Å². The minimum absolute atomic E-state index is 0.330. The number of hydrogen-bond donors (Lipinski definition) is 1. The maximum atomic E-state index is 6.03. The highest BCUT2D eigenvalue weighted by molar-refractivity contribution is 6.32. The van der Waals surface area contributed by atoms with Crippen molar-refractivity contribution in [2.45, 2.75) is 0 Å². The van der Waals surface area contributed by atoms with Crippen molar-refractivity contribution in [3.05, 3.63) is 41.7 Å². The molecule has 0 radical (unpaired) electrons. The first-order chi connectivity index (χ1) is 9.24. The van der Waals surface area contributed by atoms with Gasteiger partial charge in [0.1, 0.15) is 11.5 Å². The van der Waals surface area contributed by atoms with E-state index >= 15 is 0 Å². The minimum atomic E-state index is 0.330. The fourth-order valence-electron chi connectivity index (χ4n) is 1.57. The number of hydrogen-bond acceptors (Lipinski definition) is 6. The van der Waals surface area contributed by atoms with Gasteiger partial charge in [0.15, 0.2) is 0 Å². The van der Waals surface area contributed by atoms with Gasteiger partial charge in [0.25, 0.3) is 5.89 Å². The average molecular weight is 274 g/mol. The summed E-state index contributed by atoms with van der Waals surface area (Å²) in [7, 11) is 0. The predicted octanol–water partition coefficient (Wildman–Crippen LogP) is 2.43. The van der Waals surface area contributed by atoms with E-state index in [0.29, 0.717) is 33.8 Å². The molecule has 0 bridgehead atoms. The SMILES string of the molecule is Nc1cc(-c2nc(-c3ncccc3Cl)no2)ccn1. The summed E-state index contributed by atoms with van der Waals surface area (Å²) in [5.41, 5.74) is 6.77. The molecule has 6 nitrogen and oxygen atoms in total. The zero-order valence-electron chi connectivity index (χ0n) is 9.62. The van der Waals surface area contributed by atoms with Gasteiger partial charge in [0, 0.05) is 18.0 Å². The van der Waals surface area contributed by atoms with Crippen molar-refractivity contribution in [2.24, 2.45) is 0 Å². The Balaban J connectivity index is 2.03. The van der Waals surface area contributed by atoms with Gasteiger partial charge in [0.05, 0.1) is 5.02 Å². The summed E-state index contributed by atoms with van der Waals surface area (Å²) in [5.74, 6) is 1.05. The third kappa shape index (κ3) is 2.25. The molecule has 0 aromatic carbocycles. The third-order valence-electron chi connectivity index (χ3n) is 2.42. The summed E-state index contributed by atoms with van der Waals surface area (Å²) < 4.78 is 5.17. The van der Waals surface area contributed by atoms with Gasteiger partial charge in [-0.2, -0.15) is 4.98 Å². The third-order valence-corrected chi connectivity index (χ3v) is 2.73. The van der Waals surface area contributed by atoms with E-state index in [1.165, 1.54) is 0 Å². The van der Waals surface area contributed by atoms with Gasteiger partial charge in [-0.1, -0.05) is 16.8 Å². The van der Waals surface area contributed by atoms with Crippen LogP contribution in [0, 0.1) is 0 Å². The lowest BCUT2D eigenvalue weighted by molar-refractivity contribution is 0.432. The van der Waals surface area contributed by atoms with Crippen LogP contribution < -0.4 is 5.73 Å². The molecule has 3 aromatic heterocycles. The summed E-state index contributed by atoms with van der Waals surface area (Å²) >= 11 is 6.03. The second-order valence-electron chi connectivity index (χ2n) is 3.73. The highest BCUT2D eigenvalue weighted by Gasteiger charge is 2.14. The number of rotatable bonds is 2. The number of anilines is 1. The normalized spacial score (nSPS) is 10.6. The largest absolute Gasteiger partial charge is 0.384 e. The number of pyridine rings is 2. The lowest BCUT2D eigenvalue weighted by Crippen LogP contribution is -1.90. The monoisotopic (exact) mass is 273 g/mol. The Morgan fingerprint density at radius 1 is 1.16 bits per heavy atom. The maximum Gasteiger partial charge on any atom is 0.258 e. The Kier molecular flexibility index (Phi) is 2.85. The van der Waals surface area contributed by atoms with E-state index in [1.54, 1.807) is 36.7 Å². The van der Waals surface area contributed by atoms with Gasteiger partial charge in [0.2, 0.25) is 5.82 Å². The van der Waals surface area contributed by atoms with Gasteiger partial charge in [-0.05, 0) is 24.3 Å². The van der Waals surface area contributed by atoms with E-state index in [1.807, 2.05) is 0 Å². The van der Waals surface area contributed by atoms with Crippen molar-refractivity contribution in [1.82, 2.24) is 20.1 Å². The first-order valence-corrected chi connectivity index (χ1v) is 5.78. The molecule has 19 heavy (non-hydrogen) atoms. The molecule has 3 heterocycles. The lowest BCUT2D eigenvalue weighted by atomic mass is 10.2. The van der Waals surface area contributed by atoms with Gasteiger partial charge in [-0.3, -0.25) is 4.98 Å². The van der Waals surface area contributed by atoms with Gasteiger partial charge >= 0.3 is 0 Å².